The summed E-state index contributed by atoms with van der Waals surface area (Å²) in [5.74, 6) is 1.27. The van der Waals surface area contributed by atoms with Crippen LogP contribution in [0.5, 0.6) is 5.88 Å². The van der Waals surface area contributed by atoms with Gasteiger partial charge in [0, 0.05) is 6.54 Å². The average molecular weight is 223 g/mol. The van der Waals surface area contributed by atoms with E-state index >= 15 is 0 Å². The van der Waals surface area contributed by atoms with Gasteiger partial charge in [-0.25, -0.2) is 0 Å². The quantitative estimate of drug-likeness (QED) is 0.823. The molecule has 0 bridgehead atoms. The molecule has 0 saturated carbocycles. The smallest absolute Gasteiger partial charge is 0.238 e. The molecule has 1 rings (SSSR count). The van der Waals surface area contributed by atoms with Crippen LogP contribution in [-0.2, 0) is 0 Å². The van der Waals surface area contributed by atoms with E-state index in [1.165, 1.54) is 0 Å². The van der Waals surface area contributed by atoms with E-state index in [9.17, 15) is 0 Å². The standard InChI is InChI=1S/C12H21N3O/c1-12(2,3)7-8-14-10-6-5-9(13)11(15-10)16-4/h5-6H,7-8,13H2,1-4H3,(H,14,15). The van der Waals surface area contributed by atoms with Crippen molar-refractivity contribution in [1.82, 2.24) is 4.98 Å². The number of rotatable bonds is 4. The van der Waals surface area contributed by atoms with Crippen molar-refractivity contribution in [3.63, 3.8) is 0 Å². The number of aromatic nitrogens is 1. The van der Waals surface area contributed by atoms with Gasteiger partial charge in [-0.15, -0.1) is 0 Å². The van der Waals surface area contributed by atoms with Gasteiger partial charge < -0.3 is 15.8 Å². The fourth-order valence-corrected chi connectivity index (χ4v) is 1.28. The molecule has 0 aliphatic rings. The third-order valence-corrected chi connectivity index (χ3v) is 2.26. The fraction of sp³-hybridized carbons (Fsp3) is 0.583. The van der Waals surface area contributed by atoms with Crippen molar-refractivity contribution in [3.8, 4) is 5.88 Å². The minimum atomic E-state index is 0.324. The first-order chi connectivity index (χ1) is 7.42. The van der Waals surface area contributed by atoms with E-state index in [0.29, 0.717) is 17.0 Å². The Balaban J connectivity index is 2.55. The lowest BCUT2D eigenvalue weighted by molar-refractivity contribution is 0.388. The SMILES string of the molecule is COc1nc(NCCC(C)(C)C)ccc1N. The lowest BCUT2D eigenvalue weighted by atomic mass is 9.92. The Hall–Kier alpha value is -1.45. The summed E-state index contributed by atoms with van der Waals surface area (Å²) in [7, 11) is 1.57. The maximum Gasteiger partial charge on any atom is 0.238 e. The minimum absolute atomic E-state index is 0.324. The summed E-state index contributed by atoms with van der Waals surface area (Å²) in [6, 6.07) is 3.66. The van der Waals surface area contributed by atoms with E-state index in [1.807, 2.05) is 6.07 Å². The number of methoxy groups -OCH3 is 1. The summed E-state index contributed by atoms with van der Waals surface area (Å²) in [5, 5.41) is 3.26. The average Bonchev–Trinajstić information content (AvgIpc) is 2.18. The van der Waals surface area contributed by atoms with Crippen LogP contribution in [-0.4, -0.2) is 18.6 Å². The fourth-order valence-electron chi connectivity index (χ4n) is 1.28. The molecule has 4 heteroatoms. The van der Waals surface area contributed by atoms with Crippen molar-refractivity contribution in [2.45, 2.75) is 27.2 Å². The summed E-state index contributed by atoms with van der Waals surface area (Å²) in [4.78, 5) is 4.25. The molecule has 3 N–H and O–H groups in total. The molecule has 0 saturated heterocycles. The van der Waals surface area contributed by atoms with E-state index in [-0.39, 0.29) is 0 Å². The molecule has 4 nitrogen and oxygen atoms in total. The number of hydrogen-bond donors (Lipinski definition) is 2. The molecule has 0 aromatic carbocycles. The van der Waals surface area contributed by atoms with Gasteiger partial charge in [0.15, 0.2) is 0 Å². The Morgan fingerprint density at radius 1 is 1.38 bits per heavy atom. The number of nitrogen functional groups attached to an aromatic ring is 1. The topological polar surface area (TPSA) is 60.2 Å². The Labute approximate surface area is 97.2 Å². The molecule has 0 amide bonds. The third-order valence-electron chi connectivity index (χ3n) is 2.26. The molecule has 1 aromatic rings. The Morgan fingerprint density at radius 2 is 2.06 bits per heavy atom. The molecule has 90 valence electrons. The lowest BCUT2D eigenvalue weighted by Crippen LogP contribution is -2.13. The summed E-state index contributed by atoms with van der Waals surface area (Å²) in [5.41, 5.74) is 6.57. The molecule has 1 aromatic heterocycles. The molecular formula is C12H21N3O. The zero-order chi connectivity index (χ0) is 12.2. The van der Waals surface area contributed by atoms with E-state index in [1.54, 1.807) is 13.2 Å². The van der Waals surface area contributed by atoms with Crippen molar-refractivity contribution in [2.75, 3.05) is 24.7 Å². The second-order valence-electron chi connectivity index (χ2n) is 5.03. The van der Waals surface area contributed by atoms with Gasteiger partial charge in [0.2, 0.25) is 5.88 Å². The van der Waals surface area contributed by atoms with Crippen LogP contribution in [0.25, 0.3) is 0 Å². The van der Waals surface area contributed by atoms with Crippen LogP contribution in [0.1, 0.15) is 27.2 Å². The van der Waals surface area contributed by atoms with Crippen molar-refractivity contribution < 1.29 is 4.74 Å². The molecule has 0 radical (unpaired) electrons. The minimum Gasteiger partial charge on any atom is -0.479 e. The van der Waals surface area contributed by atoms with Gasteiger partial charge in [-0.1, -0.05) is 20.8 Å². The Morgan fingerprint density at radius 3 is 2.62 bits per heavy atom. The highest BCUT2D eigenvalue weighted by molar-refractivity contribution is 5.53. The molecule has 0 aliphatic carbocycles. The number of ether oxygens (including phenoxy) is 1. The molecule has 1 heterocycles. The van der Waals surface area contributed by atoms with Gasteiger partial charge in [-0.05, 0) is 24.0 Å². The predicted molar refractivity (Wildman–Crippen MR) is 67.8 cm³/mol. The predicted octanol–water partition coefficient (Wildman–Crippen LogP) is 2.52. The van der Waals surface area contributed by atoms with E-state index < -0.39 is 0 Å². The first-order valence-electron chi connectivity index (χ1n) is 5.47. The highest BCUT2D eigenvalue weighted by atomic mass is 16.5. The van der Waals surface area contributed by atoms with Gasteiger partial charge in [0.25, 0.3) is 0 Å². The lowest BCUT2D eigenvalue weighted by Gasteiger charge is -2.18. The maximum absolute atomic E-state index is 5.68. The maximum atomic E-state index is 5.68. The summed E-state index contributed by atoms with van der Waals surface area (Å²) >= 11 is 0. The van der Waals surface area contributed by atoms with Crippen molar-refractivity contribution in [2.24, 2.45) is 5.41 Å². The molecule has 0 atom stereocenters. The van der Waals surface area contributed by atoms with Crippen molar-refractivity contribution in [3.05, 3.63) is 12.1 Å². The second-order valence-corrected chi connectivity index (χ2v) is 5.03. The molecule has 0 unspecified atom stereocenters. The van der Waals surface area contributed by atoms with Crippen LogP contribution < -0.4 is 15.8 Å². The molecule has 0 aliphatic heterocycles. The second kappa shape index (κ2) is 5.05. The van der Waals surface area contributed by atoms with Gasteiger partial charge in [-0.2, -0.15) is 4.98 Å². The van der Waals surface area contributed by atoms with Gasteiger partial charge in [-0.3, -0.25) is 0 Å². The Kier molecular flexibility index (Phi) is 3.99. The highest BCUT2D eigenvalue weighted by Crippen LogP contribution is 2.21. The summed E-state index contributed by atoms with van der Waals surface area (Å²) in [6.07, 6.45) is 1.08. The molecule has 0 fully saturated rings. The van der Waals surface area contributed by atoms with Gasteiger partial charge in [0.1, 0.15) is 5.82 Å². The molecule has 0 spiro atoms. The van der Waals surface area contributed by atoms with Gasteiger partial charge in [0.05, 0.1) is 12.8 Å². The van der Waals surface area contributed by atoms with E-state index in [4.69, 9.17) is 10.5 Å². The zero-order valence-corrected chi connectivity index (χ0v) is 10.5. The molecular weight excluding hydrogens is 202 g/mol. The van der Waals surface area contributed by atoms with Crippen LogP contribution in [0, 0.1) is 5.41 Å². The number of anilines is 2. The number of nitrogens with one attached hydrogen (secondary N) is 1. The highest BCUT2D eigenvalue weighted by Gasteiger charge is 2.09. The van der Waals surface area contributed by atoms with Crippen LogP contribution >= 0.6 is 0 Å². The first-order valence-corrected chi connectivity index (χ1v) is 5.47. The largest absolute Gasteiger partial charge is 0.479 e. The normalized spacial score (nSPS) is 11.2. The number of nitrogens with zero attached hydrogens (tertiary/aromatic N) is 1. The van der Waals surface area contributed by atoms with Gasteiger partial charge >= 0.3 is 0 Å². The third kappa shape index (κ3) is 3.96. The zero-order valence-electron chi connectivity index (χ0n) is 10.5. The van der Waals surface area contributed by atoms with Crippen molar-refractivity contribution in [1.29, 1.82) is 0 Å². The number of nitrogens with two attached hydrogens (primary N) is 1. The van der Waals surface area contributed by atoms with E-state index in [2.05, 4.69) is 31.1 Å². The summed E-state index contributed by atoms with van der Waals surface area (Å²) < 4.78 is 5.06. The Bertz CT molecular complexity index is 345. The first kappa shape index (κ1) is 12.6. The van der Waals surface area contributed by atoms with Crippen LogP contribution in [0.3, 0.4) is 0 Å². The monoisotopic (exact) mass is 223 g/mol. The van der Waals surface area contributed by atoms with E-state index in [0.717, 1.165) is 18.8 Å². The molecule has 16 heavy (non-hydrogen) atoms. The summed E-state index contributed by atoms with van der Waals surface area (Å²) in [6.45, 7) is 7.53. The van der Waals surface area contributed by atoms with Crippen LogP contribution in [0.15, 0.2) is 12.1 Å². The number of pyridine rings is 1. The van der Waals surface area contributed by atoms with Crippen LogP contribution in [0.2, 0.25) is 0 Å². The van der Waals surface area contributed by atoms with Crippen LogP contribution in [0.4, 0.5) is 11.5 Å². The number of hydrogen-bond acceptors (Lipinski definition) is 4. The van der Waals surface area contributed by atoms with Crippen molar-refractivity contribution >= 4 is 11.5 Å².